The summed E-state index contributed by atoms with van der Waals surface area (Å²) < 4.78 is 4.98. The molecule has 0 saturated heterocycles. The summed E-state index contributed by atoms with van der Waals surface area (Å²) in [4.78, 5) is 24.0. The van der Waals surface area contributed by atoms with E-state index >= 15 is 0 Å². The predicted molar refractivity (Wildman–Crippen MR) is 87.9 cm³/mol. The lowest BCUT2D eigenvalue weighted by Crippen LogP contribution is -2.35. The van der Waals surface area contributed by atoms with Gasteiger partial charge in [-0.2, -0.15) is 0 Å². The summed E-state index contributed by atoms with van der Waals surface area (Å²) in [7, 11) is 1.60. The fourth-order valence-corrected chi connectivity index (χ4v) is 2.21. The summed E-state index contributed by atoms with van der Waals surface area (Å²) in [6.07, 6.45) is 1.64. The van der Waals surface area contributed by atoms with Gasteiger partial charge in [0.2, 0.25) is 5.91 Å². The highest BCUT2D eigenvalue weighted by Gasteiger charge is 2.14. The van der Waals surface area contributed by atoms with Crippen molar-refractivity contribution in [1.82, 2.24) is 5.32 Å². The molecule has 1 rings (SSSR count). The van der Waals surface area contributed by atoms with E-state index in [0.717, 1.165) is 12.8 Å². The number of ether oxygens (including phenoxy) is 1. The number of methoxy groups -OCH3 is 1. The van der Waals surface area contributed by atoms with Crippen molar-refractivity contribution >= 4 is 17.5 Å². The third-order valence-corrected chi connectivity index (χ3v) is 3.57. The minimum Gasteiger partial charge on any atom is -0.383 e. The van der Waals surface area contributed by atoms with E-state index in [-0.39, 0.29) is 23.8 Å². The Hall–Kier alpha value is -1.88. The van der Waals surface area contributed by atoms with Crippen molar-refractivity contribution in [2.45, 2.75) is 39.7 Å². The Kier molecular flexibility index (Phi) is 7.60. The van der Waals surface area contributed by atoms with E-state index in [1.54, 1.807) is 31.4 Å². The molecule has 5 heteroatoms. The second-order valence-electron chi connectivity index (χ2n) is 5.41. The molecule has 1 aromatic carbocycles. The molecule has 0 radical (unpaired) electrons. The Morgan fingerprint density at radius 1 is 1.14 bits per heavy atom. The predicted octanol–water partition coefficient (Wildman–Crippen LogP) is 2.83. The number of hydrogen-bond donors (Lipinski definition) is 2. The van der Waals surface area contributed by atoms with Gasteiger partial charge in [-0.05, 0) is 44.0 Å². The van der Waals surface area contributed by atoms with E-state index in [1.807, 2.05) is 20.8 Å². The number of amides is 2. The van der Waals surface area contributed by atoms with Crippen molar-refractivity contribution in [1.29, 1.82) is 0 Å². The van der Waals surface area contributed by atoms with Crippen LogP contribution in [0.1, 0.15) is 44.0 Å². The van der Waals surface area contributed by atoms with Gasteiger partial charge in [-0.25, -0.2) is 0 Å². The highest BCUT2D eigenvalue weighted by molar-refractivity contribution is 5.96. The Morgan fingerprint density at radius 3 is 2.23 bits per heavy atom. The molecule has 0 heterocycles. The van der Waals surface area contributed by atoms with Crippen LogP contribution in [-0.2, 0) is 9.53 Å². The molecule has 122 valence electrons. The average molecular weight is 306 g/mol. The molecule has 0 saturated carbocycles. The second kappa shape index (κ2) is 9.20. The van der Waals surface area contributed by atoms with Crippen LogP contribution in [0, 0.1) is 5.92 Å². The average Bonchev–Trinajstić information content (AvgIpc) is 2.49. The van der Waals surface area contributed by atoms with Crippen LogP contribution in [0.5, 0.6) is 0 Å². The SMILES string of the molecule is CCC(CC)C(=O)Nc1ccc(C(=O)NC(C)COC)cc1. The lowest BCUT2D eigenvalue weighted by molar-refractivity contribution is -0.120. The van der Waals surface area contributed by atoms with Crippen LogP contribution in [0.2, 0.25) is 0 Å². The smallest absolute Gasteiger partial charge is 0.251 e. The lowest BCUT2D eigenvalue weighted by Gasteiger charge is -2.14. The Balaban J connectivity index is 2.62. The standard InChI is InChI=1S/C17H26N2O3/c1-5-13(6-2)16(20)19-15-9-7-14(8-10-15)17(21)18-12(3)11-22-4/h7-10,12-13H,5-6,11H2,1-4H3,(H,18,21)(H,19,20). The van der Waals surface area contributed by atoms with E-state index in [0.29, 0.717) is 17.9 Å². The molecule has 0 bridgehead atoms. The first kappa shape index (κ1) is 18.2. The van der Waals surface area contributed by atoms with Crippen LogP contribution in [0.3, 0.4) is 0 Å². The van der Waals surface area contributed by atoms with E-state index in [9.17, 15) is 9.59 Å². The summed E-state index contributed by atoms with van der Waals surface area (Å²) >= 11 is 0. The lowest BCUT2D eigenvalue weighted by atomic mass is 10.0. The van der Waals surface area contributed by atoms with Crippen molar-refractivity contribution in [3.8, 4) is 0 Å². The molecule has 0 aliphatic rings. The van der Waals surface area contributed by atoms with E-state index in [4.69, 9.17) is 4.74 Å². The van der Waals surface area contributed by atoms with Gasteiger partial charge < -0.3 is 15.4 Å². The summed E-state index contributed by atoms with van der Waals surface area (Å²) in [5.74, 6) is -0.101. The van der Waals surface area contributed by atoms with Gasteiger partial charge >= 0.3 is 0 Å². The highest BCUT2D eigenvalue weighted by atomic mass is 16.5. The highest BCUT2D eigenvalue weighted by Crippen LogP contribution is 2.14. The maximum atomic E-state index is 12.0. The number of carbonyl (C=O) groups is 2. The van der Waals surface area contributed by atoms with Gasteiger partial charge in [-0.15, -0.1) is 0 Å². The fourth-order valence-electron chi connectivity index (χ4n) is 2.21. The van der Waals surface area contributed by atoms with Crippen molar-refractivity contribution in [2.75, 3.05) is 19.0 Å². The molecule has 0 aromatic heterocycles. The fraction of sp³-hybridized carbons (Fsp3) is 0.529. The summed E-state index contributed by atoms with van der Waals surface area (Å²) in [5.41, 5.74) is 1.27. The number of hydrogen-bond acceptors (Lipinski definition) is 3. The minimum absolute atomic E-state index is 0.0240. The molecule has 1 atom stereocenters. The molecule has 0 spiro atoms. The molecule has 1 aromatic rings. The largest absolute Gasteiger partial charge is 0.383 e. The van der Waals surface area contributed by atoms with Crippen LogP contribution in [0.4, 0.5) is 5.69 Å². The normalized spacial score (nSPS) is 12.0. The van der Waals surface area contributed by atoms with Gasteiger partial charge in [0.1, 0.15) is 0 Å². The van der Waals surface area contributed by atoms with Crippen molar-refractivity contribution < 1.29 is 14.3 Å². The van der Waals surface area contributed by atoms with Gasteiger partial charge in [0, 0.05) is 30.3 Å². The first-order valence-corrected chi connectivity index (χ1v) is 7.72. The molecule has 22 heavy (non-hydrogen) atoms. The molecule has 1 unspecified atom stereocenters. The number of nitrogens with one attached hydrogen (secondary N) is 2. The second-order valence-corrected chi connectivity index (χ2v) is 5.41. The number of carbonyl (C=O) groups excluding carboxylic acids is 2. The van der Waals surface area contributed by atoms with Crippen LogP contribution in [0.25, 0.3) is 0 Å². The molecule has 0 aliphatic heterocycles. The molecule has 5 nitrogen and oxygen atoms in total. The third kappa shape index (κ3) is 5.48. The molecule has 0 fully saturated rings. The third-order valence-electron chi connectivity index (χ3n) is 3.57. The van der Waals surface area contributed by atoms with Gasteiger partial charge in [-0.1, -0.05) is 13.8 Å². The van der Waals surface area contributed by atoms with Gasteiger partial charge in [0.15, 0.2) is 0 Å². The minimum atomic E-state index is -0.151. The van der Waals surface area contributed by atoms with Crippen molar-refractivity contribution in [2.24, 2.45) is 5.92 Å². The van der Waals surface area contributed by atoms with Gasteiger partial charge in [0.25, 0.3) is 5.91 Å². The monoisotopic (exact) mass is 306 g/mol. The maximum Gasteiger partial charge on any atom is 0.251 e. The number of benzene rings is 1. The quantitative estimate of drug-likeness (QED) is 0.776. The first-order valence-electron chi connectivity index (χ1n) is 7.72. The van der Waals surface area contributed by atoms with E-state index in [2.05, 4.69) is 10.6 Å². The Morgan fingerprint density at radius 2 is 1.73 bits per heavy atom. The summed E-state index contributed by atoms with van der Waals surface area (Å²) in [6.45, 7) is 6.35. The molecule has 2 amide bonds. The summed E-state index contributed by atoms with van der Waals surface area (Å²) in [6, 6.07) is 6.85. The maximum absolute atomic E-state index is 12.0. The molecule has 2 N–H and O–H groups in total. The number of rotatable bonds is 8. The van der Waals surface area contributed by atoms with Crippen LogP contribution in [0.15, 0.2) is 24.3 Å². The zero-order valence-corrected chi connectivity index (χ0v) is 13.8. The number of anilines is 1. The van der Waals surface area contributed by atoms with Crippen LogP contribution in [-0.4, -0.2) is 31.6 Å². The summed E-state index contributed by atoms with van der Waals surface area (Å²) in [5, 5.41) is 5.72. The zero-order chi connectivity index (χ0) is 16.5. The Labute approximate surface area is 132 Å². The van der Waals surface area contributed by atoms with Crippen LogP contribution < -0.4 is 10.6 Å². The van der Waals surface area contributed by atoms with Gasteiger partial charge in [-0.3, -0.25) is 9.59 Å². The van der Waals surface area contributed by atoms with Crippen molar-refractivity contribution in [3.05, 3.63) is 29.8 Å². The van der Waals surface area contributed by atoms with Gasteiger partial charge in [0.05, 0.1) is 6.61 Å². The van der Waals surface area contributed by atoms with E-state index in [1.165, 1.54) is 0 Å². The molecule has 0 aliphatic carbocycles. The Bertz CT molecular complexity index is 481. The molecular weight excluding hydrogens is 280 g/mol. The van der Waals surface area contributed by atoms with Crippen molar-refractivity contribution in [3.63, 3.8) is 0 Å². The van der Waals surface area contributed by atoms with Crippen LogP contribution >= 0.6 is 0 Å². The zero-order valence-electron chi connectivity index (χ0n) is 13.8. The topological polar surface area (TPSA) is 67.4 Å². The first-order chi connectivity index (χ1) is 10.5. The van der Waals surface area contributed by atoms with E-state index < -0.39 is 0 Å². The molecular formula is C17H26N2O3.